The van der Waals surface area contributed by atoms with Crippen molar-refractivity contribution in [3.05, 3.63) is 48.4 Å². The van der Waals surface area contributed by atoms with Gasteiger partial charge in [0.1, 0.15) is 5.65 Å². The highest BCUT2D eigenvalue weighted by atomic mass is 16.5. The summed E-state index contributed by atoms with van der Waals surface area (Å²) in [5, 5.41) is 0.920. The first-order valence-corrected chi connectivity index (χ1v) is 8.23. The smallest absolute Gasteiger partial charge is 0.241 e. The largest absolute Gasteiger partial charge is 0.477 e. The molecule has 0 aromatic carbocycles. The predicted octanol–water partition coefficient (Wildman–Crippen LogP) is 2.91. The fourth-order valence-electron chi connectivity index (χ4n) is 2.62. The molecule has 6 nitrogen and oxygen atoms in total. The van der Waals surface area contributed by atoms with Gasteiger partial charge in [0.15, 0.2) is 0 Å². The molecule has 1 aliphatic rings. The second-order valence-electron chi connectivity index (χ2n) is 6.24. The standard InChI is InChI=1S/C19H18N4O2/c20-17(24)5-3-14-9-22-19-16(14)7-15(10-23-19)13-4-6-18(21-8-13)25-11-12-1-2-12/h3-10,12H,1-2,11H2,(H2,20,24)(H,22,23)/b5-3+. The van der Waals surface area contributed by atoms with E-state index in [0.717, 1.165) is 34.3 Å². The molecule has 6 heteroatoms. The average Bonchev–Trinajstić information content (AvgIpc) is 3.37. The quantitative estimate of drug-likeness (QED) is 0.678. The predicted molar refractivity (Wildman–Crippen MR) is 95.8 cm³/mol. The number of nitrogens with one attached hydrogen (secondary N) is 1. The van der Waals surface area contributed by atoms with Crippen molar-refractivity contribution in [2.75, 3.05) is 6.61 Å². The summed E-state index contributed by atoms with van der Waals surface area (Å²) in [5.41, 5.74) is 8.68. The van der Waals surface area contributed by atoms with E-state index in [9.17, 15) is 4.79 Å². The van der Waals surface area contributed by atoms with E-state index in [1.54, 1.807) is 24.7 Å². The first kappa shape index (κ1) is 15.4. The van der Waals surface area contributed by atoms with Gasteiger partial charge in [-0.25, -0.2) is 9.97 Å². The Bertz CT molecular complexity index is 940. The van der Waals surface area contributed by atoms with Crippen molar-refractivity contribution in [2.24, 2.45) is 11.7 Å². The van der Waals surface area contributed by atoms with E-state index < -0.39 is 5.91 Å². The Balaban J connectivity index is 1.59. The Labute approximate surface area is 144 Å². The number of rotatable bonds is 6. The first-order valence-electron chi connectivity index (χ1n) is 8.23. The van der Waals surface area contributed by atoms with Gasteiger partial charge in [0.25, 0.3) is 0 Å². The van der Waals surface area contributed by atoms with Gasteiger partial charge >= 0.3 is 0 Å². The maximum atomic E-state index is 10.9. The van der Waals surface area contributed by atoms with Gasteiger partial charge in [-0.05, 0) is 37.0 Å². The Kier molecular flexibility index (Phi) is 3.93. The third-order valence-electron chi connectivity index (χ3n) is 4.22. The zero-order valence-corrected chi connectivity index (χ0v) is 13.6. The number of aromatic amines is 1. The molecule has 4 rings (SSSR count). The topological polar surface area (TPSA) is 93.9 Å². The van der Waals surface area contributed by atoms with E-state index >= 15 is 0 Å². The van der Waals surface area contributed by atoms with E-state index in [0.29, 0.717) is 11.8 Å². The van der Waals surface area contributed by atoms with Crippen LogP contribution in [0.5, 0.6) is 5.88 Å². The minimum absolute atomic E-state index is 0.482. The van der Waals surface area contributed by atoms with Crippen LogP contribution in [0.15, 0.2) is 42.9 Å². The van der Waals surface area contributed by atoms with Crippen molar-refractivity contribution in [3.63, 3.8) is 0 Å². The number of H-pyrrole nitrogens is 1. The van der Waals surface area contributed by atoms with Gasteiger partial charge in [0.2, 0.25) is 11.8 Å². The lowest BCUT2D eigenvalue weighted by atomic mass is 10.1. The lowest BCUT2D eigenvalue weighted by Gasteiger charge is -2.06. The Hall–Kier alpha value is -3.15. The number of primary amides is 1. The maximum absolute atomic E-state index is 10.9. The molecule has 1 amide bonds. The highest BCUT2D eigenvalue weighted by molar-refractivity contribution is 5.95. The molecule has 0 saturated heterocycles. The highest BCUT2D eigenvalue weighted by Gasteiger charge is 2.22. The second-order valence-corrected chi connectivity index (χ2v) is 6.24. The number of ether oxygens (including phenoxy) is 1. The molecule has 1 aliphatic carbocycles. The number of fused-ring (bicyclic) bond motifs is 1. The number of carbonyl (C=O) groups excluding carboxylic acids is 1. The monoisotopic (exact) mass is 334 g/mol. The number of hydrogen-bond donors (Lipinski definition) is 2. The molecule has 3 aromatic heterocycles. The molecule has 0 bridgehead atoms. The Morgan fingerprint density at radius 2 is 2.12 bits per heavy atom. The van der Waals surface area contributed by atoms with Crippen LogP contribution < -0.4 is 10.5 Å². The molecule has 0 radical (unpaired) electrons. The van der Waals surface area contributed by atoms with Gasteiger partial charge in [0, 0.05) is 52.8 Å². The summed E-state index contributed by atoms with van der Waals surface area (Å²) in [6, 6.07) is 5.87. The third kappa shape index (κ3) is 3.52. The van der Waals surface area contributed by atoms with Crippen LogP contribution in [0, 0.1) is 5.92 Å². The van der Waals surface area contributed by atoms with Crippen molar-refractivity contribution in [2.45, 2.75) is 12.8 Å². The Morgan fingerprint density at radius 1 is 1.28 bits per heavy atom. The zero-order valence-electron chi connectivity index (χ0n) is 13.6. The Morgan fingerprint density at radius 3 is 2.84 bits per heavy atom. The first-order chi connectivity index (χ1) is 12.2. The molecule has 3 aromatic rings. The number of nitrogens with zero attached hydrogens (tertiary/aromatic N) is 2. The van der Waals surface area contributed by atoms with Crippen LogP contribution in [0.2, 0.25) is 0 Å². The SMILES string of the molecule is NC(=O)/C=C/c1c[nH]c2ncc(-c3ccc(OCC4CC4)nc3)cc12. The summed E-state index contributed by atoms with van der Waals surface area (Å²) in [7, 11) is 0. The van der Waals surface area contributed by atoms with Gasteiger partial charge < -0.3 is 15.5 Å². The van der Waals surface area contributed by atoms with Crippen molar-refractivity contribution in [3.8, 4) is 17.0 Å². The van der Waals surface area contributed by atoms with Crippen LogP contribution in [-0.4, -0.2) is 27.5 Å². The van der Waals surface area contributed by atoms with E-state index in [1.165, 1.54) is 18.9 Å². The number of nitrogens with two attached hydrogens (primary N) is 1. The molecule has 1 fully saturated rings. The number of amides is 1. The van der Waals surface area contributed by atoms with Crippen LogP contribution in [0.3, 0.4) is 0 Å². The number of pyridine rings is 2. The highest BCUT2D eigenvalue weighted by Crippen LogP contribution is 2.30. The summed E-state index contributed by atoms with van der Waals surface area (Å²) >= 11 is 0. The summed E-state index contributed by atoms with van der Waals surface area (Å²) in [5.74, 6) is 0.870. The van der Waals surface area contributed by atoms with E-state index in [4.69, 9.17) is 10.5 Å². The van der Waals surface area contributed by atoms with Crippen LogP contribution in [0.25, 0.3) is 28.2 Å². The molecular formula is C19H18N4O2. The molecule has 3 N–H and O–H groups in total. The van der Waals surface area contributed by atoms with Gasteiger partial charge in [-0.1, -0.05) is 0 Å². The average molecular weight is 334 g/mol. The molecular weight excluding hydrogens is 316 g/mol. The molecule has 0 spiro atoms. The summed E-state index contributed by atoms with van der Waals surface area (Å²) in [6.45, 7) is 0.749. The van der Waals surface area contributed by atoms with Crippen molar-refractivity contribution < 1.29 is 9.53 Å². The van der Waals surface area contributed by atoms with E-state index in [2.05, 4.69) is 15.0 Å². The van der Waals surface area contributed by atoms with Crippen molar-refractivity contribution in [1.29, 1.82) is 0 Å². The number of hydrogen-bond acceptors (Lipinski definition) is 4. The number of carbonyl (C=O) groups is 1. The fourth-order valence-corrected chi connectivity index (χ4v) is 2.62. The van der Waals surface area contributed by atoms with E-state index in [1.807, 2.05) is 18.2 Å². The van der Waals surface area contributed by atoms with Gasteiger partial charge in [-0.15, -0.1) is 0 Å². The maximum Gasteiger partial charge on any atom is 0.241 e. The minimum Gasteiger partial charge on any atom is -0.477 e. The van der Waals surface area contributed by atoms with Crippen LogP contribution >= 0.6 is 0 Å². The normalized spacial score (nSPS) is 14.2. The van der Waals surface area contributed by atoms with Crippen molar-refractivity contribution in [1.82, 2.24) is 15.0 Å². The molecule has 126 valence electrons. The van der Waals surface area contributed by atoms with Crippen LogP contribution in [0.1, 0.15) is 18.4 Å². The summed E-state index contributed by atoms with van der Waals surface area (Å²) in [6.07, 6.45) is 10.9. The van der Waals surface area contributed by atoms with Crippen LogP contribution in [0.4, 0.5) is 0 Å². The zero-order chi connectivity index (χ0) is 17.2. The number of aromatic nitrogens is 3. The minimum atomic E-state index is -0.482. The lowest BCUT2D eigenvalue weighted by Crippen LogP contribution is -2.04. The van der Waals surface area contributed by atoms with Gasteiger partial charge in [0.05, 0.1) is 6.61 Å². The molecule has 3 heterocycles. The van der Waals surface area contributed by atoms with Gasteiger partial charge in [-0.2, -0.15) is 0 Å². The molecule has 0 aliphatic heterocycles. The second kappa shape index (κ2) is 6.39. The molecule has 0 unspecified atom stereocenters. The van der Waals surface area contributed by atoms with Crippen LogP contribution in [-0.2, 0) is 4.79 Å². The van der Waals surface area contributed by atoms with Crippen molar-refractivity contribution >= 4 is 23.0 Å². The fraction of sp³-hybridized carbons (Fsp3) is 0.211. The van der Waals surface area contributed by atoms with E-state index in [-0.39, 0.29) is 0 Å². The third-order valence-corrected chi connectivity index (χ3v) is 4.22. The molecule has 25 heavy (non-hydrogen) atoms. The summed E-state index contributed by atoms with van der Waals surface area (Å²) in [4.78, 5) is 22.8. The lowest BCUT2D eigenvalue weighted by molar-refractivity contribution is -0.113. The molecule has 1 saturated carbocycles. The summed E-state index contributed by atoms with van der Waals surface area (Å²) < 4.78 is 5.67. The molecule has 0 atom stereocenters. The van der Waals surface area contributed by atoms with Gasteiger partial charge in [-0.3, -0.25) is 4.79 Å².